The van der Waals surface area contributed by atoms with Crippen LogP contribution in [0.4, 0.5) is 0 Å². The van der Waals surface area contributed by atoms with Crippen molar-refractivity contribution >= 4 is 17.9 Å². The first-order valence-corrected chi connectivity index (χ1v) is 9.87. The van der Waals surface area contributed by atoms with Crippen LogP contribution in [0.3, 0.4) is 0 Å². The number of piperazine rings is 1. The van der Waals surface area contributed by atoms with Crippen LogP contribution in [-0.2, 0) is 4.79 Å². The standard InChI is InChI=1S/C21H29ClN2O/c1-2-11-23-12-14-24(15-13-23)21(16-25)19-5-3-17(4-6-19)18-7-9-20(22)10-8-18/h2,7-10,16-17,19,21H,1,3-6,11-15H2. The molecule has 2 fully saturated rings. The van der Waals surface area contributed by atoms with Crippen LogP contribution in [0, 0.1) is 5.92 Å². The van der Waals surface area contributed by atoms with E-state index in [1.54, 1.807) is 0 Å². The van der Waals surface area contributed by atoms with Crippen LogP contribution in [0.5, 0.6) is 0 Å². The molecule has 1 unspecified atom stereocenters. The van der Waals surface area contributed by atoms with Gasteiger partial charge in [0.05, 0.1) is 6.04 Å². The van der Waals surface area contributed by atoms with Gasteiger partial charge in [0.1, 0.15) is 6.29 Å². The first-order valence-electron chi connectivity index (χ1n) is 9.49. The summed E-state index contributed by atoms with van der Waals surface area (Å²) in [4.78, 5) is 16.6. The van der Waals surface area contributed by atoms with Crippen molar-refractivity contribution in [3.63, 3.8) is 0 Å². The highest BCUT2D eigenvalue weighted by atomic mass is 35.5. The maximum absolute atomic E-state index is 11.8. The van der Waals surface area contributed by atoms with Gasteiger partial charge in [-0.3, -0.25) is 9.80 Å². The summed E-state index contributed by atoms with van der Waals surface area (Å²) >= 11 is 6.00. The van der Waals surface area contributed by atoms with Crippen molar-refractivity contribution in [2.45, 2.75) is 37.6 Å². The van der Waals surface area contributed by atoms with Gasteiger partial charge in [0, 0.05) is 37.7 Å². The molecular formula is C21H29ClN2O. The van der Waals surface area contributed by atoms with Gasteiger partial charge in [-0.15, -0.1) is 6.58 Å². The lowest BCUT2D eigenvalue weighted by molar-refractivity contribution is -0.115. The van der Waals surface area contributed by atoms with Crippen molar-refractivity contribution in [2.24, 2.45) is 5.92 Å². The minimum atomic E-state index is 0.0945. The van der Waals surface area contributed by atoms with E-state index in [0.717, 1.165) is 50.6 Å². The molecular weight excluding hydrogens is 332 g/mol. The summed E-state index contributed by atoms with van der Waals surface area (Å²) in [6.45, 7) is 8.83. The summed E-state index contributed by atoms with van der Waals surface area (Å²) in [6, 6.07) is 8.38. The molecule has 1 saturated carbocycles. The van der Waals surface area contributed by atoms with Crippen LogP contribution in [0.25, 0.3) is 0 Å². The summed E-state index contributed by atoms with van der Waals surface area (Å²) in [5, 5.41) is 0.800. The number of aldehydes is 1. The predicted molar refractivity (Wildman–Crippen MR) is 104 cm³/mol. The number of hydrogen-bond donors (Lipinski definition) is 0. The molecule has 1 heterocycles. The number of carbonyl (C=O) groups excluding carboxylic acids is 1. The van der Waals surface area contributed by atoms with Gasteiger partial charge in [0.2, 0.25) is 0 Å². The lowest BCUT2D eigenvalue weighted by Gasteiger charge is -2.41. The minimum absolute atomic E-state index is 0.0945. The Kier molecular flexibility index (Phi) is 6.69. The Morgan fingerprint density at radius 1 is 1.08 bits per heavy atom. The second-order valence-corrected chi connectivity index (χ2v) is 7.85. The average Bonchev–Trinajstić information content (AvgIpc) is 2.65. The van der Waals surface area contributed by atoms with Gasteiger partial charge < -0.3 is 4.79 Å². The molecule has 25 heavy (non-hydrogen) atoms. The first-order chi connectivity index (χ1) is 12.2. The van der Waals surface area contributed by atoms with Crippen LogP contribution in [-0.4, -0.2) is 54.9 Å². The molecule has 0 bridgehead atoms. The summed E-state index contributed by atoms with van der Waals surface area (Å²) in [5.41, 5.74) is 1.39. The molecule has 4 heteroatoms. The molecule has 1 aliphatic heterocycles. The Bertz CT molecular complexity index is 558. The quantitative estimate of drug-likeness (QED) is 0.566. The van der Waals surface area contributed by atoms with Crippen molar-refractivity contribution < 1.29 is 4.79 Å². The molecule has 0 amide bonds. The summed E-state index contributed by atoms with van der Waals surface area (Å²) in [5.74, 6) is 1.12. The Labute approximate surface area is 156 Å². The van der Waals surface area contributed by atoms with E-state index in [0.29, 0.717) is 11.8 Å². The Morgan fingerprint density at radius 2 is 1.72 bits per heavy atom. The second kappa shape index (κ2) is 8.98. The van der Waals surface area contributed by atoms with Crippen LogP contribution in [0.15, 0.2) is 36.9 Å². The minimum Gasteiger partial charge on any atom is -0.302 e. The van der Waals surface area contributed by atoms with Gasteiger partial charge in [-0.05, 0) is 55.2 Å². The molecule has 1 aromatic carbocycles. The molecule has 0 N–H and O–H groups in total. The molecule has 1 aliphatic carbocycles. The molecule has 136 valence electrons. The highest BCUT2D eigenvalue weighted by Gasteiger charge is 2.33. The van der Waals surface area contributed by atoms with Crippen molar-refractivity contribution in [2.75, 3.05) is 32.7 Å². The van der Waals surface area contributed by atoms with Gasteiger partial charge in [0.15, 0.2) is 0 Å². The normalized spacial score (nSPS) is 26.9. The van der Waals surface area contributed by atoms with Crippen molar-refractivity contribution in [3.05, 3.63) is 47.5 Å². The fraction of sp³-hybridized carbons (Fsp3) is 0.571. The average molecular weight is 361 g/mol. The number of rotatable bonds is 6. The van der Waals surface area contributed by atoms with Crippen LogP contribution in [0.1, 0.15) is 37.2 Å². The van der Waals surface area contributed by atoms with E-state index in [9.17, 15) is 4.79 Å². The largest absolute Gasteiger partial charge is 0.302 e. The zero-order chi connectivity index (χ0) is 17.6. The van der Waals surface area contributed by atoms with Crippen molar-refractivity contribution in [3.8, 4) is 0 Å². The molecule has 1 aromatic rings. The monoisotopic (exact) mass is 360 g/mol. The smallest absolute Gasteiger partial charge is 0.137 e. The maximum atomic E-state index is 11.8. The number of hydrogen-bond acceptors (Lipinski definition) is 3. The highest BCUT2D eigenvalue weighted by Crippen LogP contribution is 2.38. The zero-order valence-corrected chi connectivity index (χ0v) is 15.7. The van der Waals surface area contributed by atoms with E-state index in [2.05, 4.69) is 28.5 Å². The van der Waals surface area contributed by atoms with Gasteiger partial charge in [-0.2, -0.15) is 0 Å². The molecule has 1 atom stereocenters. The number of carbonyl (C=O) groups is 1. The second-order valence-electron chi connectivity index (χ2n) is 7.42. The van der Waals surface area contributed by atoms with Crippen LogP contribution < -0.4 is 0 Å². The molecule has 0 radical (unpaired) electrons. The number of benzene rings is 1. The molecule has 2 aliphatic rings. The summed E-state index contributed by atoms with van der Waals surface area (Å²) < 4.78 is 0. The lowest BCUT2D eigenvalue weighted by Crippen LogP contribution is -2.53. The Balaban J connectivity index is 1.53. The van der Waals surface area contributed by atoms with Gasteiger partial charge >= 0.3 is 0 Å². The van der Waals surface area contributed by atoms with E-state index in [4.69, 9.17) is 11.6 Å². The molecule has 1 saturated heterocycles. The third-order valence-electron chi connectivity index (χ3n) is 5.95. The molecule has 3 nitrogen and oxygen atoms in total. The number of nitrogens with zero attached hydrogens (tertiary/aromatic N) is 2. The molecule has 0 aromatic heterocycles. The van der Waals surface area contributed by atoms with Gasteiger partial charge in [-0.1, -0.05) is 29.8 Å². The van der Waals surface area contributed by atoms with Gasteiger partial charge in [0.25, 0.3) is 0 Å². The van der Waals surface area contributed by atoms with Crippen molar-refractivity contribution in [1.82, 2.24) is 9.80 Å². The topological polar surface area (TPSA) is 23.6 Å². The predicted octanol–water partition coefficient (Wildman–Crippen LogP) is 3.98. The third-order valence-corrected chi connectivity index (χ3v) is 6.20. The summed E-state index contributed by atoms with van der Waals surface area (Å²) in [6.07, 6.45) is 7.80. The highest BCUT2D eigenvalue weighted by molar-refractivity contribution is 6.30. The fourth-order valence-corrected chi connectivity index (χ4v) is 4.58. The third kappa shape index (κ3) is 4.72. The fourth-order valence-electron chi connectivity index (χ4n) is 4.45. The number of halogens is 1. The Hall–Kier alpha value is -1.16. The van der Waals surface area contributed by atoms with E-state index in [1.807, 2.05) is 18.2 Å². The maximum Gasteiger partial charge on any atom is 0.137 e. The molecule has 0 spiro atoms. The molecule has 3 rings (SSSR count). The van der Waals surface area contributed by atoms with E-state index in [1.165, 1.54) is 24.7 Å². The van der Waals surface area contributed by atoms with E-state index < -0.39 is 0 Å². The van der Waals surface area contributed by atoms with E-state index >= 15 is 0 Å². The SMILES string of the molecule is C=CCN1CCN(C(C=O)C2CCC(c3ccc(Cl)cc3)CC2)CC1. The Morgan fingerprint density at radius 3 is 2.28 bits per heavy atom. The summed E-state index contributed by atoms with van der Waals surface area (Å²) in [7, 11) is 0. The van der Waals surface area contributed by atoms with Crippen LogP contribution in [0.2, 0.25) is 5.02 Å². The van der Waals surface area contributed by atoms with Gasteiger partial charge in [-0.25, -0.2) is 0 Å². The zero-order valence-electron chi connectivity index (χ0n) is 14.9. The first kappa shape index (κ1) is 18.6. The lowest BCUT2D eigenvalue weighted by atomic mass is 9.76. The van der Waals surface area contributed by atoms with Crippen LogP contribution >= 0.6 is 11.6 Å². The van der Waals surface area contributed by atoms with Crippen molar-refractivity contribution in [1.29, 1.82) is 0 Å². The van der Waals surface area contributed by atoms with E-state index in [-0.39, 0.29) is 6.04 Å².